The lowest BCUT2D eigenvalue weighted by atomic mass is 10.1. The number of ether oxygens (including phenoxy) is 2. The first-order chi connectivity index (χ1) is 12.1. The summed E-state index contributed by atoms with van der Waals surface area (Å²) in [5.74, 6) is -0.311. The minimum Gasteiger partial charge on any atom is -0.474 e. The molecule has 0 bridgehead atoms. The number of anilines is 1. The maximum atomic E-state index is 12.5. The number of nitriles is 1. The molecule has 1 aromatic carbocycles. The summed E-state index contributed by atoms with van der Waals surface area (Å²) in [5, 5.41) is 11.8. The van der Waals surface area contributed by atoms with Gasteiger partial charge in [0.25, 0.3) is 0 Å². The average Bonchev–Trinajstić information content (AvgIpc) is 2.65. The van der Waals surface area contributed by atoms with Gasteiger partial charge >= 0.3 is 5.97 Å². The van der Waals surface area contributed by atoms with Gasteiger partial charge in [-0.15, -0.1) is 0 Å². The van der Waals surface area contributed by atoms with Crippen LogP contribution in [0, 0.1) is 11.3 Å². The molecule has 1 heterocycles. The van der Waals surface area contributed by atoms with E-state index in [9.17, 15) is 9.18 Å². The number of hydrogen-bond acceptors (Lipinski definition) is 7. The Labute approximate surface area is 144 Å². The number of hydrogen-bond donors (Lipinski definition) is 1. The Morgan fingerprint density at radius 1 is 1.40 bits per heavy atom. The predicted octanol–water partition coefficient (Wildman–Crippen LogP) is 2.58. The van der Waals surface area contributed by atoms with Gasteiger partial charge in [-0.2, -0.15) is 10.2 Å². The molecule has 1 aromatic heterocycles. The molecule has 0 saturated heterocycles. The van der Waals surface area contributed by atoms with Crippen molar-refractivity contribution in [1.82, 2.24) is 9.97 Å². The largest absolute Gasteiger partial charge is 0.474 e. The van der Waals surface area contributed by atoms with Crippen molar-refractivity contribution in [3.05, 3.63) is 35.4 Å². The quantitative estimate of drug-likeness (QED) is 0.771. The van der Waals surface area contributed by atoms with Gasteiger partial charge in [0.2, 0.25) is 5.88 Å². The fourth-order valence-electron chi connectivity index (χ4n) is 2.10. The molecular weight excluding hydrogens is 327 g/mol. The number of aromatic nitrogens is 2. The molecular formula is C17H17FN4O3. The van der Waals surface area contributed by atoms with E-state index in [1.807, 2.05) is 6.07 Å². The highest BCUT2D eigenvalue weighted by atomic mass is 19.1. The number of carbonyl (C=O) groups excluding carboxylic acids is 1. The van der Waals surface area contributed by atoms with Crippen LogP contribution in [0.15, 0.2) is 24.3 Å². The molecule has 25 heavy (non-hydrogen) atoms. The highest BCUT2D eigenvalue weighted by molar-refractivity contribution is 5.97. The number of nitrogens with zero attached hydrogens (tertiary/aromatic N) is 3. The Morgan fingerprint density at radius 3 is 2.84 bits per heavy atom. The van der Waals surface area contributed by atoms with E-state index >= 15 is 0 Å². The summed E-state index contributed by atoms with van der Waals surface area (Å²) < 4.78 is 22.8. The smallest absolute Gasteiger partial charge is 0.347 e. The molecule has 0 saturated carbocycles. The first-order valence-corrected chi connectivity index (χ1v) is 7.60. The minimum atomic E-state index is -0.736. The van der Waals surface area contributed by atoms with Gasteiger partial charge in [-0.1, -0.05) is 12.1 Å². The van der Waals surface area contributed by atoms with Crippen LogP contribution in [0.3, 0.4) is 0 Å². The van der Waals surface area contributed by atoms with E-state index in [-0.39, 0.29) is 36.3 Å². The molecule has 2 rings (SSSR count). The van der Waals surface area contributed by atoms with Crippen molar-refractivity contribution in [3.8, 4) is 23.3 Å². The standard InChI is InChI=1S/C17H17FN4O3/c1-3-24-17(23)13-15(20-2)21-14(22-16(13)25-8-7-18)12-6-4-5-11(9-12)10-19/h4-6,9H,3,7-8H2,1-2H3,(H,20,21,22). The summed E-state index contributed by atoms with van der Waals surface area (Å²) >= 11 is 0. The number of esters is 1. The Morgan fingerprint density at radius 2 is 2.20 bits per heavy atom. The maximum absolute atomic E-state index is 12.5. The van der Waals surface area contributed by atoms with Gasteiger partial charge in [0.05, 0.1) is 18.2 Å². The topological polar surface area (TPSA) is 97.1 Å². The highest BCUT2D eigenvalue weighted by Gasteiger charge is 2.23. The third kappa shape index (κ3) is 4.20. The van der Waals surface area contributed by atoms with E-state index in [1.165, 1.54) is 0 Å². The monoisotopic (exact) mass is 344 g/mol. The normalized spacial score (nSPS) is 10.0. The van der Waals surface area contributed by atoms with Gasteiger partial charge in [-0.05, 0) is 19.1 Å². The number of rotatable bonds is 7. The van der Waals surface area contributed by atoms with Crippen molar-refractivity contribution in [3.63, 3.8) is 0 Å². The van der Waals surface area contributed by atoms with Crippen LogP contribution in [0.1, 0.15) is 22.8 Å². The van der Waals surface area contributed by atoms with E-state index < -0.39 is 12.6 Å². The number of benzene rings is 1. The summed E-state index contributed by atoms with van der Waals surface area (Å²) in [6.45, 7) is 0.836. The van der Waals surface area contributed by atoms with Crippen molar-refractivity contribution in [2.45, 2.75) is 6.92 Å². The molecule has 0 fully saturated rings. The van der Waals surface area contributed by atoms with Crippen molar-refractivity contribution < 1.29 is 18.7 Å². The molecule has 0 aliphatic carbocycles. The molecule has 2 aromatic rings. The number of halogens is 1. The second-order valence-corrected chi connectivity index (χ2v) is 4.78. The zero-order chi connectivity index (χ0) is 18.2. The molecule has 0 unspecified atom stereocenters. The lowest BCUT2D eigenvalue weighted by Gasteiger charge is -2.14. The van der Waals surface area contributed by atoms with Gasteiger partial charge in [0.15, 0.2) is 11.4 Å². The van der Waals surface area contributed by atoms with Crippen LogP contribution < -0.4 is 10.1 Å². The fraction of sp³-hybridized carbons (Fsp3) is 0.294. The second-order valence-electron chi connectivity index (χ2n) is 4.78. The van der Waals surface area contributed by atoms with Crippen molar-refractivity contribution >= 4 is 11.8 Å². The van der Waals surface area contributed by atoms with Crippen LogP contribution in [-0.2, 0) is 4.74 Å². The number of alkyl halides is 1. The van der Waals surface area contributed by atoms with E-state index in [2.05, 4.69) is 15.3 Å². The molecule has 0 atom stereocenters. The molecule has 7 nitrogen and oxygen atoms in total. The predicted molar refractivity (Wildman–Crippen MR) is 89.2 cm³/mol. The Kier molecular flexibility index (Phi) is 6.23. The maximum Gasteiger partial charge on any atom is 0.347 e. The molecule has 0 aliphatic heterocycles. The molecule has 0 spiro atoms. The van der Waals surface area contributed by atoms with Crippen LogP contribution in [-0.4, -0.2) is 42.9 Å². The van der Waals surface area contributed by atoms with Crippen molar-refractivity contribution in [1.29, 1.82) is 5.26 Å². The Hall–Kier alpha value is -3.21. The molecule has 130 valence electrons. The van der Waals surface area contributed by atoms with E-state index in [1.54, 1.807) is 38.2 Å². The van der Waals surface area contributed by atoms with Gasteiger partial charge < -0.3 is 14.8 Å². The Bertz CT molecular complexity index is 805. The number of nitrogens with one attached hydrogen (secondary N) is 1. The third-order valence-corrected chi connectivity index (χ3v) is 3.16. The molecule has 0 aliphatic rings. The van der Waals surface area contributed by atoms with Crippen LogP contribution in [0.2, 0.25) is 0 Å². The van der Waals surface area contributed by atoms with E-state index in [4.69, 9.17) is 14.7 Å². The van der Waals surface area contributed by atoms with Crippen molar-refractivity contribution in [2.75, 3.05) is 32.3 Å². The summed E-state index contributed by atoms with van der Waals surface area (Å²) in [7, 11) is 1.58. The summed E-state index contributed by atoms with van der Waals surface area (Å²) in [6, 6.07) is 8.71. The molecule has 0 amide bonds. The van der Waals surface area contributed by atoms with Crippen LogP contribution >= 0.6 is 0 Å². The fourth-order valence-corrected chi connectivity index (χ4v) is 2.10. The Balaban J connectivity index is 2.59. The van der Waals surface area contributed by atoms with E-state index in [0.717, 1.165) is 0 Å². The van der Waals surface area contributed by atoms with Crippen molar-refractivity contribution in [2.24, 2.45) is 0 Å². The van der Waals surface area contributed by atoms with Crippen LogP contribution in [0.25, 0.3) is 11.4 Å². The van der Waals surface area contributed by atoms with Crippen LogP contribution in [0.5, 0.6) is 5.88 Å². The van der Waals surface area contributed by atoms with Crippen LogP contribution in [0.4, 0.5) is 10.2 Å². The molecule has 1 N–H and O–H groups in total. The average molecular weight is 344 g/mol. The summed E-state index contributed by atoms with van der Waals surface area (Å²) in [4.78, 5) is 20.7. The van der Waals surface area contributed by atoms with Gasteiger partial charge in [-0.25, -0.2) is 14.2 Å². The van der Waals surface area contributed by atoms with Gasteiger partial charge in [0.1, 0.15) is 19.1 Å². The summed E-state index contributed by atoms with van der Waals surface area (Å²) in [5.41, 5.74) is 1.00. The van der Waals surface area contributed by atoms with Gasteiger partial charge in [0, 0.05) is 12.6 Å². The lowest BCUT2D eigenvalue weighted by molar-refractivity contribution is 0.0521. The first-order valence-electron chi connectivity index (χ1n) is 7.60. The molecule has 8 heteroatoms. The molecule has 0 radical (unpaired) electrons. The zero-order valence-corrected chi connectivity index (χ0v) is 13.9. The highest BCUT2D eigenvalue weighted by Crippen LogP contribution is 2.28. The first kappa shape index (κ1) is 18.1. The SMILES string of the molecule is CCOC(=O)c1c(NC)nc(-c2cccc(C#N)c2)nc1OCCF. The van der Waals surface area contributed by atoms with E-state index in [0.29, 0.717) is 11.1 Å². The lowest BCUT2D eigenvalue weighted by Crippen LogP contribution is -2.15. The summed E-state index contributed by atoms with van der Waals surface area (Å²) in [6.07, 6.45) is 0. The van der Waals surface area contributed by atoms with Gasteiger partial charge in [-0.3, -0.25) is 0 Å². The third-order valence-electron chi connectivity index (χ3n) is 3.16. The number of carbonyl (C=O) groups is 1. The minimum absolute atomic E-state index is 0.00186. The zero-order valence-electron chi connectivity index (χ0n) is 13.9. The second kappa shape index (κ2) is 8.59.